The molecular weight excluding hydrogens is 274 g/mol. The summed E-state index contributed by atoms with van der Waals surface area (Å²) < 4.78 is 0. The SMILES string of the molecule is Cc1ncc(CNc2ccc(Cl)c(C(=O)O)n2)s1. The fourth-order valence-electron chi connectivity index (χ4n) is 1.36. The summed E-state index contributed by atoms with van der Waals surface area (Å²) in [4.78, 5) is 20.0. The first kappa shape index (κ1) is 12.8. The summed E-state index contributed by atoms with van der Waals surface area (Å²) in [6.45, 7) is 2.48. The van der Waals surface area contributed by atoms with Gasteiger partial charge in [-0.25, -0.2) is 14.8 Å². The van der Waals surface area contributed by atoms with Gasteiger partial charge in [-0.15, -0.1) is 11.3 Å². The smallest absolute Gasteiger partial charge is 0.356 e. The molecule has 5 nitrogen and oxygen atoms in total. The number of nitrogens with zero attached hydrogens (tertiary/aromatic N) is 2. The molecule has 94 valence electrons. The van der Waals surface area contributed by atoms with E-state index in [4.69, 9.17) is 16.7 Å². The summed E-state index contributed by atoms with van der Waals surface area (Å²) >= 11 is 7.31. The Balaban J connectivity index is 2.10. The molecule has 0 radical (unpaired) electrons. The predicted octanol–water partition coefficient (Wildman–Crippen LogP) is 2.81. The highest BCUT2D eigenvalue weighted by atomic mass is 35.5. The van der Waals surface area contributed by atoms with E-state index in [0.29, 0.717) is 12.4 Å². The molecule has 0 bridgehead atoms. The molecule has 0 aliphatic carbocycles. The summed E-state index contributed by atoms with van der Waals surface area (Å²) in [5.41, 5.74) is -0.151. The van der Waals surface area contributed by atoms with Crippen molar-refractivity contribution < 1.29 is 9.90 Å². The molecular formula is C11H10ClN3O2S. The number of carboxylic acid groups (broad SMARTS) is 1. The van der Waals surface area contributed by atoms with Crippen LogP contribution in [0.5, 0.6) is 0 Å². The first-order valence-electron chi connectivity index (χ1n) is 5.11. The standard InChI is InChI=1S/C11H10ClN3O2S/c1-6-13-4-7(18-6)5-14-9-3-2-8(12)10(15-9)11(16)17/h2-4H,5H2,1H3,(H,14,15)(H,16,17). The molecule has 18 heavy (non-hydrogen) atoms. The van der Waals surface area contributed by atoms with E-state index in [1.165, 1.54) is 6.07 Å². The molecule has 2 rings (SSSR count). The fourth-order valence-corrected chi connectivity index (χ4v) is 2.28. The summed E-state index contributed by atoms with van der Waals surface area (Å²) in [7, 11) is 0. The molecule has 2 aromatic rings. The Morgan fingerprint density at radius 2 is 2.33 bits per heavy atom. The van der Waals surface area contributed by atoms with Crippen LogP contribution in [0.4, 0.5) is 5.82 Å². The maximum absolute atomic E-state index is 10.9. The molecule has 0 aliphatic rings. The number of hydrogen-bond donors (Lipinski definition) is 2. The maximum atomic E-state index is 10.9. The van der Waals surface area contributed by atoms with Crippen molar-refractivity contribution in [3.8, 4) is 0 Å². The third-order valence-electron chi connectivity index (χ3n) is 2.16. The van der Waals surface area contributed by atoms with Gasteiger partial charge in [0, 0.05) is 11.1 Å². The monoisotopic (exact) mass is 283 g/mol. The average molecular weight is 284 g/mol. The second-order valence-corrected chi connectivity index (χ2v) is 5.26. The molecule has 2 N–H and O–H groups in total. The topological polar surface area (TPSA) is 75.1 Å². The van der Waals surface area contributed by atoms with E-state index in [-0.39, 0.29) is 10.7 Å². The Morgan fingerprint density at radius 3 is 2.94 bits per heavy atom. The molecule has 2 heterocycles. The zero-order chi connectivity index (χ0) is 13.1. The van der Waals surface area contributed by atoms with E-state index >= 15 is 0 Å². The van der Waals surface area contributed by atoms with E-state index in [1.54, 1.807) is 23.6 Å². The van der Waals surface area contributed by atoms with E-state index in [2.05, 4.69) is 15.3 Å². The predicted molar refractivity (Wildman–Crippen MR) is 70.4 cm³/mol. The molecule has 0 spiro atoms. The molecule has 0 amide bonds. The lowest BCUT2D eigenvalue weighted by molar-refractivity contribution is 0.0691. The van der Waals surface area contributed by atoms with Crippen molar-refractivity contribution >= 4 is 34.7 Å². The van der Waals surface area contributed by atoms with Crippen molar-refractivity contribution in [2.75, 3.05) is 5.32 Å². The third-order valence-corrected chi connectivity index (χ3v) is 3.38. The maximum Gasteiger partial charge on any atom is 0.356 e. The zero-order valence-corrected chi connectivity index (χ0v) is 11.0. The third kappa shape index (κ3) is 2.96. The quantitative estimate of drug-likeness (QED) is 0.902. The molecule has 0 fully saturated rings. The van der Waals surface area contributed by atoms with E-state index in [1.807, 2.05) is 6.92 Å². The van der Waals surface area contributed by atoms with Gasteiger partial charge in [-0.1, -0.05) is 11.6 Å². The molecule has 0 unspecified atom stereocenters. The summed E-state index contributed by atoms with van der Waals surface area (Å²) in [5.74, 6) is -0.667. The van der Waals surface area contributed by atoms with Crippen molar-refractivity contribution in [3.05, 3.63) is 38.9 Å². The number of aryl methyl sites for hydroxylation is 1. The van der Waals surface area contributed by atoms with Crippen LogP contribution >= 0.6 is 22.9 Å². The van der Waals surface area contributed by atoms with Crippen molar-refractivity contribution in [1.82, 2.24) is 9.97 Å². The number of aromatic nitrogens is 2. The number of rotatable bonds is 4. The van der Waals surface area contributed by atoms with Crippen LogP contribution < -0.4 is 5.32 Å². The van der Waals surface area contributed by atoms with Gasteiger partial charge in [-0.05, 0) is 19.1 Å². The Kier molecular flexibility index (Phi) is 3.78. The highest BCUT2D eigenvalue weighted by Crippen LogP contribution is 2.18. The van der Waals surface area contributed by atoms with Crippen LogP contribution in [0.3, 0.4) is 0 Å². The van der Waals surface area contributed by atoms with Crippen LogP contribution in [0, 0.1) is 6.92 Å². The molecule has 2 aromatic heterocycles. The Morgan fingerprint density at radius 1 is 1.56 bits per heavy atom. The minimum Gasteiger partial charge on any atom is -0.476 e. The van der Waals surface area contributed by atoms with Gasteiger partial charge in [0.15, 0.2) is 5.69 Å². The minimum absolute atomic E-state index is 0.127. The van der Waals surface area contributed by atoms with Gasteiger partial charge < -0.3 is 10.4 Å². The van der Waals surface area contributed by atoms with Gasteiger partial charge in [0.2, 0.25) is 0 Å². The van der Waals surface area contributed by atoms with Crippen LogP contribution in [0.25, 0.3) is 0 Å². The van der Waals surface area contributed by atoms with Crippen molar-refractivity contribution in [2.24, 2.45) is 0 Å². The highest BCUT2D eigenvalue weighted by Gasteiger charge is 2.11. The van der Waals surface area contributed by atoms with Crippen LogP contribution in [0.1, 0.15) is 20.4 Å². The van der Waals surface area contributed by atoms with E-state index in [0.717, 1.165) is 9.88 Å². The number of pyridine rings is 1. The van der Waals surface area contributed by atoms with Crippen molar-refractivity contribution in [1.29, 1.82) is 0 Å². The van der Waals surface area contributed by atoms with E-state index in [9.17, 15) is 4.79 Å². The number of carbonyl (C=O) groups is 1. The van der Waals surface area contributed by atoms with Crippen LogP contribution in [0.15, 0.2) is 18.3 Å². The first-order chi connectivity index (χ1) is 8.56. The molecule has 0 saturated heterocycles. The number of thiazole rings is 1. The van der Waals surface area contributed by atoms with Crippen molar-refractivity contribution in [3.63, 3.8) is 0 Å². The lowest BCUT2D eigenvalue weighted by atomic mass is 10.3. The molecule has 0 saturated carbocycles. The number of carboxylic acids is 1. The second-order valence-electron chi connectivity index (χ2n) is 3.53. The van der Waals surface area contributed by atoms with Gasteiger partial charge >= 0.3 is 5.97 Å². The Hall–Kier alpha value is -1.66. The molecule has 0 aromatic carbocycles. The van der Waals surface area contributed by atoms with E-state index < -0.39 is 5.97 Å². The molecule has 7 heteroatoms. The first-order valence-corrected chi connectivity index (χ1v) is 6.30. The number of hydrogen-bond acceptors (Lipinski definition) is 5. The van der Waals surface area contributed by atoms with Gasteiger partial charge in [0.25, 0.3) is 0 Å². The number of halogens is 1. The minimum atomic E-state index is -1.14. The Bertz CT molecular complexity index is 585. The lowest BCUT2D eigenvalue weighted by Crippen LogP contribution is -2.06. The largest absolute Gasteiger partial charge is 0.476 e. The van der Waals surface area contributed by atoms with Gasteiger partial charge in [-0.2, -0.15) is 0 Å². The summed E-state index contributed by atoms with van der Waals surface area (Å²) in [6, 6.07) is 3.15. The van der Waals surface area contributed by atoms with Crippen LogP contribution in [-0.2, 0) is 6.54 Å². The summed E-state index contributed by atoms with van der Waals surface area (Å²) in [6.07, 6.45) is 1.78. The number of nitrogens with one attached hydrogen (secondary N) is 1. The molecule has 0 aliphatic heterocycles. The van der Waals surface area contributed by atoms with Gasteiger partial charge in [-0.3, -0.25) is 0 Å². The highest BCUT2D eigenvalue weighted by molar-refractivity contribution is 7.11. The average Bonchev–Trinajstić information content (AvgIpc) is 2.74. The molecule has 0 atom stereocenters. The number of anilines is 1. The fraction of sp³-hybridized carbons (Fsp3) is 0.182. The van der Waals surface area contributed by atoms with Crippen LogP contribution in [0.2, 0.25) is 5.02 Å². The number of aromatic carboxylic acids is 1. The second kappa shape index (κ2) is 5.32. The normalized spacial score (nSPS) is 10.3. The van der Waals surface area contributed by atoms with Crippen LogP contribution in [-0.4, -0.2) is 21.0 Å². The Labute approximate surface area is 112 Å². The van der Waals surface area contributed by atoms with Crippen molar-refractivity contribution in [2.45, 2.75) is 13.5 Å². The van der Waals surface area contributed by atoms with Gasteiger partial charge in [0.05, 0.1) is 16.6 Å². The summed E-state index contributed by atoms with van der Waals surface area (Å²) in [5, 5.41) is 13.0. The van der Waals surface area contributed by atoms with Gasteiger partial charge in [0.1, 0.15) is 5.82 Å². The lowest BCUT2D eigenvalue weighted by Gasteiger charge is -2.05. The zero-order valence-electron chi connectivity index (χ0n) is 9.48.